The summed E-state index contributed by atoms with van der Waals surface area (Å²) >= 11 is 0. The Kier molecular flexibility index (Phi) is 5.18. The normalized spacial score (nSPS) is 10.1. The lowest BCUT2D eigenvalue weighted by molar-refractivity contribution is 0.209. The summed E-state index contributed by atoms with van der Waals surface area (Å²) in [5, 5.41) is 2.93. The van der Waals surface area contributed by atoms with Crippen LogP contribution in [0.2, 0.25) is 0 Å². The van der Waals surface area contributed by atoms with Crippen LogP contribution >= 0.6 is 0 Å². The Hall–Kier alpha value is -2.29. The Bertz CT molecular complexity index is 525. The van der Waals surface area contributed by atoms with E-state index in [0.717, 1.165) is 24.2 Å². The third-order valence-corrected chi connectivity index (χ3v) is 3.02. The van der Waals surface area contributed by atoms with E-state index in [2.05, 4.69) is 12.2 Å². The molecule has 20 heavy (non-hydrogen) atoms. The summed E-state index contributed by atoms with van der Waals surface area (Å²) in [6, 6.07) is 19.5. The molecular weight excluding hydrogens is 248 g/mol. The average molecular weight is 268 g/mol. The monoisotopic (exact) mass is 268 g/mol. The molecule has 0 radical (unpaired) electrons. The molecular formula is C17H20N2O. The van der Waals surface area contributed by atoms with Gasteiger partial charge in [0.2, 0.25) is 0 Å². The van der Waals surface area contributed by atoms with Gasteiger partial charge in [-0.15, -0.1) is 0 Å². The highest BCUT2D eigenvalue weighted by atomic mass is 16.2. The minimum atomic E-state index is -0.0538. The van der Waals surface area contributed by atoms with Gasteiger partial charge in [0.15, 0.2) is 0 Å². The topological polar surface area (TPSA) is 32.3 Å². The Labute approximate surface area is 120 Å². The number of amides is 2. The van der Waals surface area contributed by atoms with E-state index in [1.54, 1.807) is 0 Å². The van der Waals surface area contributed by atoms with Gasteiger partial charge in [0, 0.05) is 18.8 Å². The number of carbonyl (C=O) groups excluding carboxylic acids is 1. The van der Waals surface area contributed by atoms with E-state index in [0.29, 0.717) is 6.54 Å². The molecule has 2 amide bonds. The lowest BCUT2D eigenvalue weighted by Gasteiger charge is -2.22. The van der Waals surface area contributed by atoms with Crippen molar-refractivity contribution in [1.82, 2.24) is 4.90 Å². The maximum atomic E-state index is 12.3. The number of para-hydroxylation sites is 1. The zero-order chi connectivity index (χ0) is 14.2. The number of rotatable bonds is 5. The van der Waals surface area contributed by atoms with Gasteiger partial charge in [-0.1, -0.05) is 55.5 Å². The molecule has 0 aliphatic heterocycles. The van der Waals surface area contributed by atoms with Gasteiger partial charge in [-0.05, 0) is 24.1 Å². The first kappa shape index (κ1) is 14.1. The van der Waals surface area contributed by atoms with Crippen LogP contribution in [0.4, 0.5) is 10.5 Å². The largest absolute Gasteiger partial charge is 0.322 e. The second-order valence-corrected chi connectivity index (χ2v) is 4.70. The van der Waals surface area contributed by atoms with Crippen LogP contribution in [-0.4, -0.2) is 17.5 Å². The Balaban J connectivity index is 2.02. The molecule has 1 N–H and O–H groups in total. The van der Waals surface area contributed by atoms with Crippen LogP contribution in [0.5, 0.6) is 0 Å². The van der Waals surface area contributed by atoms with Crippen LogP contribution in [0.25, 0.3) is 0 Å². The predicted octanol–water partition coefficient (Wildman–Crippen LogP) is 4.13. The number of hydrogen-bond donors (Lipinski definition) is 1. The minimum Gasteiger partial charge on any atom is -0.320 e. The molecule has 0 bridgehead atoms. The van der Waals surface area contributed by atoms with Crippen LogP contribution in [0.1, 0.15) is 18.9 Å². The van der Waals surface area contributed by atoms with Crippen molar-refractivity contribution in [2.45, 2.75) is 19.9 Å². The van der Waals surface area contributed by atoms with Gasteiger partial charge >= 0.3 is 6.03 Å². The molecule has 3 heteroatoms. The SMILES string of the molecule is CCCN(Cc1ccccc1)C(=O)Nc1ccccc1. The summed E-state index contributed by atoms with van der Waals surface area (Å²) in [4.78, 5) is 14.2. The summed E-state index contributed by atoms with van der Waals surface area (Å²) < 4.78 is 0. The van der Waals surface area contributed by atoms with Crippen molar-refractivity contribution in [2.75, 3.05) is 11.9 Å². The van der Waals surface area contributed by atoms with Crippen molar-refractivity contribution >= 4 is 11.7 Å². The smallest absolute Gasteiger partial charge is 0.320 e. The van der Waals surface area contributed by atoms with E-state index < -0.39 is 0 Å². The molecule has 0 fully saturated rings. The molecule has 0 unspecified atom stereocenters. The summed E-state index contributed by atoms with van der Waals surface area (Å²) in [7, 11) is 0. The number of urea groups is 1. The van der Waals surface area contributed by atoms with Gasteiger partial charge in [0.1, 0.15) is 0 Å². The fourth-order valence-electron chi connectivity index (χ4n) is 2.05. The van der Waals surface area contributed by atoms with E-state index >= 15 is 0 Å². The number of nitrogens with one attached hydrogen (secondary N) is 1. The Morgan fingerprint density at radius 1 is 1.00 bits per heavy atom. The van der Waals surface area contributed by atoms with E-state index in [9.17, 15) is 4.79 Å². The average Bonchev–Trinajstić information content (AvgIpc) is 2.49. The highest BCUT2D eigenvalue weighted by Crippen LogP contribution is 2.10. The molecule has 0 saturated heterocycles. The van der Waals surface area contributed by atoms with Crippen LogP contribution in [-0.2, 0) is 6.54 Å². The highest BCUT2D eigenvalue weighted by molar-refractivity contribution is 5.89. The van der Waals surface area contributed by atoms with Crippen molar-refractivity contribution in [1.29, 1.82) is 0 Å². The van der Waals surface area contributed by atoms with Crippen LogP contribution in [0.3, 0.4) is 0 Å². The molecule has 104 valence electrons. The molecule has 0 aromatic heterocycles. The van der Waals surface area contributed by atoms with Gasteiger partial charge in [-0.25, -0.2) is 4.79 Å². The van der Waals surface area contributed by atoms with E-state index in [1.807, 2.05) is 65.6 Å². The van der Waals surface area contributed by atoms with Gasteiger partial charge in [-0.2, -0.15) is 0 Å². The summed E-state index contributed by atoms with van der Waals surface area (Å²) in [6.45, 7) is 3.45. The molecule has 2 aromatic rings. The molecule has 0 atom stereocenters. The molecule has 0 aliphatic rings. The molecule has 2 rings (SSSR count). The third kappa shape index (κ3) is 4.12. The van der Waals surface area contributed by atoms with Crippen molar-refractivity contribution in [3.8, 4) is 0 Å². The van der Waals surface area contributed by atoms with Crippen molar-refractivity contribution in [3.63, 3.8) is 0 Å². The van der Waals surface area contributed by atoms with Gasteiger partial charge in [-0.3, -0.25) is 0 Å². The lowest BCUT2D eigenvalue weighted by Crippen LogP contribution is -2.35. The van der Waals surface area contributed by atoms with Gasteiger partial charge < -0.3 is 10.2 Å². The fourth-order valence-corrected chi connectivity index (χ4v) is 2.05. The molecule has 0 aliphatic carbocycles. The third-order valence-electron chi connectivity index (χ3n) is 3.02. The molecule has 0 spiro atoms. The quantitative estimate of drug-likeness (QED) is 0.868. The second-order valence-electron chi connectivity index (χ2n) is 4.70. The van der Waals surface area contributed by atoms with E-state index in [4.69, 9.17) is 0 Å². The second kappa shape index (κ2) is 7.34. The van der Waals surface area contributed by atoms with Crippen LogP contribution < -0.4 is 5.32 Å². The molecule has 3 nitrogen and oxygen atoms in total. The van der Waals surface area contributed by atoms with E-state index in [1.165, 1.54) is 0 Å². The first-order valence-corrected chi connectivity index (χ1v) is 6.94. The van der Waals surface area contributed by atoms with Gasteiger partial charge in [0.25, 0.3) is 0 Å². The summed E-state index contributed by atoms with van der Waals surface area (Å²) in [5.41, 5.74) is 1.97. The van der Waals surface area contributed by atoms with Crippen molar-refractivity contribution in [2.24, 2.45) is 0 Å². The first-order valence-electron chi connectivity index (χ1n) is 6.94. The standard InChI is InChI=1S/C17H20N2O/c1-2-13-19(14-15-9-5-3-6-10-15)17(20)18-16-11-7-4-8-12-16/h3-12H,2,13-14H2,1H3,(H,18,20). The molecule has 2 aromatic carbocycles. The first-order chi connectivity index (χ1) is 9.79. The van der Waals surface area contributed by atoms with Crippen molar-refractivity contribution < 1.29 is 4.79 Å². The zero-order valence-electron chi connectivity index (χ0n) is 11.8. The maximum Gasteiger partial charge on any atom is 0.322 e. The number of benzene rings is 2. The summed E-state index contributed by atoms with van der Waals surface area (Å²) in [5.74, 6) is 0. The summed E-state index contributed by atoms with van der Waals surface area (Å²) in [6.07, 6.45) is 0.940. The molecule has 0 heterocycles. The number of hydrogen-bond acceptors (Lipinski definition) is 1. The number of carbonyl (C=O) groups is 1. The predicted molar refractivity (Wildman–Crippen MR) is 82.6 cm³/mol. The van der Waals surface area contributed by atoms with Crippen LogP contribution in [0, 0.1) is 0 Å². The Morgan fingerprint density at radius 2 is 1.60 bits per heavy atom. The zero-order valence-corrected chi connectivity index (χ0v) is 11.8. The number of nitrogens with zero attached hydrogens (tertiary/aromatic N) is 1. The molecule has 0 saturated carbocycles. The Morgan fingerprint density at radius 3 is 2.20 bits per heavy atom. The number of anilines is 1. The van der Waals surface area contributed by atoms with Crippen LogP contribution in [0.15, 0.2) is 60.7 Å². The lowest BCUT2D eigenvalue weighted by atomic mass is 10.2. The minimum absolute atomic E-state index is 0.0538. The highest BCUT2D eigenvalue weighted by Gasteiger charge is 2.12. The fraction of sp³-hybridized carbons (Fsp3) is 0.235. The van der Waals surface area contributed by atoms with E-state index in [-0.39, 0.29) is 6.03 Å². The van der Waals surface area contributed by atoms with Crippen molar-refractivity contribution in [3.05, 3.63) is 66.2 Å². The maximum absolute atomic E-state index is 12.3. The van der Waals surface area contributed by atoms with Gasteiger partial charge in [0.05, 0.1) is 0 Å².